The van der Waals surface area contributed by atoms with E-state index in [0.717, 1.165) is 42.9 Å². The van der Waals surface area contributed by atoms with E-state index in [1.165, 1.54) is 5.56 Å². The molecule has 192 valence electrons. The van der Waals surface area contributed by atoms with Gasteiger partial charge in [-0.2, -0.15) is 5.26 Å². The Morgan fingerprint density at radius 2 is 2.00 bits per heavy atom. The first kappa shape index (κ1) is 27.2. The van der Waals surface area contributed by atoms with Crippen LogP contribution in [-0.2, 0) is 10.2 Å². The van der Waals surface area contributed by atoms with Crippen LogP contribution in [0.2, 0.25) is 0 Å². The quantitative estimate of drug-likeness (QED) is 0.393. The minimum Gasteiger partial charge on any atom is -0.387 e. The van der Waals surface area contributed by atoms with Crippen molar-refractivity contribution in [3.8, 4) is 6.19 Å². The van der Waals surface area contributed by atoms with Gasteiger partial charge in [0.15, 0.2) is 6.19 Å². The summed E-state index contributed by atoms with van der Waals surface area (Å²) in [7, 11) is 4.11. The summed E-state index contributed by atoms with van der Waals surface area (Å²) in [4.78, 5) is 24.1. The molecule has 2 atom stereocenters. The largest absolute Gasteiger partial charge is 0.387 e. The Bertz CT molecular complexity index is 1050. The number of nitrogens with one attached hydrogen (secondary N) is 1. The third-order valence-corrected chi connectivity index (χ3v) is 6.64. The number of nitrogens with zero attached hydrogens (tertiary/aromatic N) is 5. The van der Waals surface area contributed by atoms with Gasteiger partial charge in [0.2, 0.25) is 0 Å². The fraction of sp³-hybridized carbons (Fsp3) is 0.483. The van der Waals surface area contributed by atoms with Crippen LogP contribution < -0.4 is 10.2 Å². The molecule has 1 amide bonds. The van der Waals surface area contributed by atoms with Crippen molar-refractivity contribution >= 4 is 11.6 Å². The molecular weight excluding hydrogens is 448 g/mol. The maximum absolute atomic E-state index is 14.2. The van der Waals surface area contributed by atoms with Gasteiger partial charge in [0.1, 0.15) is 12.1 Å². The van der Waals surface area contributed by atoms with Gasteiger partial charge >= 0.3 is 0 Å². The molecule has 1 fully saturated rings. The first-order chi connectivity index (χ1) is 17.1. The highest BCUT2D eigenvalue weighted by Crippen LogP contribution is 2.35. The third-order valence-electron chi connectivity index (χ3n) is 6.64. The molecule has 2 unspecified atom stereocenters. The molecule has 2 heterocycles. The molecule has 1 aromatic heterocycles. The second-order valence-electron chi connectivity index (χ2n) is 10.8. The number of amides is 1. The summed E-state index contributed by atoms with van der Waals surface area (Å²) in [5.74, 6) is -0.0948. The number of aromatic nitrogens is 1. The molecule has 1 aliphatic rings. The van der Waals surface area contributed by atoms with Crippen molar-refractivity contribution in [3.63, 3.8) is 0 Å². The van der Waals surface area contributed by atoms with Crippen molar-refractivity contribution in [2.24, 2.45) is 0 Å². The van der Waals surface area contributed by atoms with Crippen LogP contribution in [0.1, 0.15) is 57.2 Å². The second-order valence-corrected chi connectivity index (χ2v) is 10.8. The van der Waals surface area contributed by atoms with Crippen LogP contribution in [0, 0.1) is 11.5 Å². The molecule has 0 spiro atoms. The molecule has 0 bridgehead atoms. The van der Waals surface area contributed by atoms with Crippen LogP contribution in [0.25, 0.3) is 0 Å². The first-order valence-corrected chi connectivity index (χ1v) is 12.7. The summed E-state index contributed by atoms with van der Waals surface area (Å²) in [5.41, 5.74) is 3.57. The van der Waals surface area contributed by atoms with Crippen molar-refractivity contribution in [3.05, 3.63) is 72.2 Å². The van der Waals surface area contributed by atoms with Gasteiger partial charge < -0.3 is 10.2 Å². The Hall–Kier alpha value is -3.37. The van der Waals surface area contributed by atoms with E-state index >= 15 is 0 Å². The zero-order chi connectivity index (χ0) is 26.3. The topological polar surface area (TPSA) is 75.5 Å². The number of nitriles is 1. The van der Waals surface area contributed by atoms with E-state index in [2.05, 4.69) is 75.0 Å². The van der Waals surface area contributed by atoms with E-state index in [4.69, 9.17) is 0 Å². The van der Waals surface area contributed by atoms with E-state index < -0.39 is 12.1 Å². The van der Waals surface area contributed by atoms with E-state index in [1.807, 2.05) is 29.2 Å². The molecular formula is C29H40N6O. The Labute approximate surface area is 216 Å². The van der Waals surface area contributed by atoms with Gasteiger partial charge in [-0.15, -0.1) is 0 Å². The Balaban J connectivity index is 2.04. The molecule has 7 nitrogen and oxygen atoms in total. The molecule has 3 rings (SSSR count). The molecule has 0 radical (unpaired) electrons. The number of pyridine rings is 1. The number of carbonyl (C=O) groups is 1. The minimum absolute atomic E-state index is 0.00320. The fourth-order valence-corrected chi connectivity index (χ4v) is 4.61. The summed E-state index contributed by atoms with van der Waals surface area (Å²) in [6, 6.07) is 11.1. The van der Waals surface area contributed by atoms with Crippen LogP contribution in [0.5, 0.6) is 0 Å². The number of anilines is 1. The van der Waals surface area contributed by atoms with E-state index in [0.29, 0.717) is 13.0 Å². The van der Waals surface area contributed by atoms with Gasteiger partial charge in [0.05, 0.1) is 0 Å². The predicted molar refractivity (Wildman–Crippen MR) is 145 cm³/mol. The highest BCUT2D eigenvalue weighted by Gasteiger charge is 2.38. The molecule has 36 heavy (non-hydrogen) atoms. The lowest BCUT2D eigenvalue weighted by Gasteiger charge is -2.36. The summed E-state index contributed by atoms with van der Waals surface area (Å²) in [5, 5.41) is 13.1. The number of carbonyl (C=O) groups excluding carboxylic acids is 1. The van der Waals surface area contributed by atoms with Gasteiger partial charge in [0.25, 0.3) is 5.91 Å². The van der Waals surface area contributed by atoms with Crippen LogP contribution in [0.3, 0.4) is 0 Å². The van der Waals surface area contributed by atoms with Crippen LogP contribution in [0.4, 0.5) is 5.69 Å². The molecule has 2 aromatic rings. The SMILES string of the molecule is C=C(NCCCN(C)C)C(c1cccnc1)N(C(=O)C1CCCN1C#N)c1ccc(C(C)(C)C)cc1. The normalized spacial score (nSPS) is 16.5. The second kappa shape index (κ2) is 12.0. The molecule has 1 aliphatic heterocycles. The van der Waals surface area contributed by atoms with Gasteiger partial charge in [-0.1, -0.05) is 45.5 Å². The maximum atomic E-state index is 14.2. The van der Waals surface area contributed by atoms with Crippen LogP contribution >= 0.6 is 0 Å². The highest BCUT2D eigenvalue weighted by atomic mass is 16.2. The summed E-state index contributed by atoms with van der Waals surface area (Å²) < 4.78 is 0. The first-order valence-electron chi connectivity index (χ1n) is 12.7. The summed E-state index contributed by atoms with van der Waals surface area (Å²) >= 11 is 0. The summed E-state index contributed by atoms with van der Waals surface area (Å²) in [6.45, 7) is 13.2. The molecule has 0 aliphatic carbocycles. The van der Waals surface area contributed by atoms with Gasteiger partial charge in [-0.3, -0.25) is 19.6 Å². The number of benzene rings is 1. The zero-order valence-electron chi connectivity index (χ0n) is 22.4. The maximum Gasteiger partial charge on any atom is 0.251 e. The number of hydrogen-bond acceptors (Lipinski definition) is 6. The van der Waals surface area contributed by atoms with E-state index in [1.54, 1.807) is 17.3 Å². The van der Waals surface area contributed by atoms with E-state index in [9.17, 15) is 10.1 Å². The number of likely N-dealkylation sites (tertiary alicyclic amines) is 1. The lowest BCUT2D eigenvalue weighted by Crippen LogP contribution is -2.47. The molecule has 1 saturated heterocycles. The lowest BCUT2D eigenvalue weighted by atomic mass is 9.87. The van der Waals surface area contributed by atoms with Crippen molar-refractivity contribution in [2.45, 2.75) is 57.5 Å². The smallest absolute Gasteiger partial charge is 0.251 e. The Kier molecular flexibility index (Phi) is 9.11. The predicted octanol–water partition coefficient (Wildman–Crippen LogP) is 4.45. The van der Waals surface area contributed by atoms with Crippen molar-refractivity contribution in [1.29, 1.82) is 5.26 Å². The average molecular weight is 489 g/mol. The third kappa shape index (κ3) is 6.64. The van der Waals surface area contributed by atoms with Gasteiger partial charge in [0, 0.05) is 36.9 Å². The Morgan fingerprint density at radius 1 is 1.28 bits per heavy atom. The number of rotatable bonds is 10. The Morgan fingerprint density at radius 3 is 2.58 bits per heavy atom. The minimum atomic E-state index is -0.488. The van der Waals surface area contributed by atoms with Crippen LogP contribution in [-0.4, -0.2) is 60.5 Å². The van der Waals surface area contributed by atoms with Crippen molar-refractivity contribution < 1.29 is 4.79 Å². The van der Waals surface area contributed by atoms with Gasteiger partial charge in [-0.25, -0.2) is 0 Å². The highest BCUT2D eigenvalue weighted by molar-refractivity contribution is 5.98. The van der Waals surface area contributed by atoms with E-state index in [-0.39, 0.29) is 11.3 Å². The average Bonchev–Trinajstić information content (AvgIpc) is 3.33. The molecule has 7 heteroatoms. The molecule has 1 aromatic carbocycles. The molecule has 0 saturated carbocycles. The fourth-order valence-electron chi connectivity index (χ4n) is 4.61. The zero-order valence-corrected chi connectivity index (χ0v) is 22.4. The lowest BCUT2D eigenvalue weighted by molar-refractivity contribution is -0.122. The van der Waals surface area contributed by atoms with Crippen molar-refractivity contribution in [2.75, 3.05) is 38.6 Å². The van der Waals surface area contributed by atoms with Crippen molar-refractivity contribution in [1.82, 2.24) is 20.1 Å². The monoisotopic (exact) mass is 488 g/mol. The summed E-state index contributed by atoms with van der Waals surface area (Å²) in [6.07, 6.45) is 8.17. The van der Waals surface area contributed by atoms with Gasteiger partial charge in [-0.05, 0) is 74.6 Å². The molecule has 1 N–H and O–H groups in total. The number of hydrogen-bond donors (Lipinski definition) is 1. The van der Waals surface area contributed by atoms with Crippen LogP contribution in [0.15, 0.2) is 61.1 Å². The standard InChI is InChI=1S/C29H40N6O/c1-22(32-17-9-18-33(5)6)27(23-10-7-16-31-20-23)35(28(36)26-11-8-19-34(26)21-30)25-14-12-24(13-15-25)29(2,3)4/h7,10,12-16,20,26-27,32H,1,8-9,11,17-19H2,2-6H3.